The van der Waals surface area contributed by atoms with Crippen LogP contribution in [-0.2, 0) is 9.53 Å². The normalized spacial score (nSPS) is 15.5. The summed E-state index contributed by atoms with van der Waals surface area (Å²) in [5, 5.41) is 0. The molecule has 1 aliphatic heterocycles. The molecule has 5 nitrogen and oxygen atoms in total. The fourth-order valence-corrected chi connectivity index (χ4v) is 2.01. The topological polar surface area (TPSA) is 48.0 Å². The van der Waals surface area contributed by atoms with Crippen molar-refractivity contribution in [1.82, 2.24) is 0 Å². The first-order valence-electron chi connectivity index (χ1n) is 6.54. The van der Waals surface area contributed by atoms with Gasteiger partial charge in [-0.15, -0.1) is 0 Å². The molecule has 0 atom stereocenters. The van der Waals surface area contributed by atoms with Crippen molar-refractivity contribution in [1.29, 1.82) is 0 Å². The number of carbonyl (C=O) groups excluding carboxylic acids is 1. The van der Waals surface area contributed by atoms with E-state index in [9.17, 15) is 4.79 Å². The minimum absolute atomic E-state index is 0.0548. The monoisotopic (exact) mass is 265 g/mol. The lowest BCUT2D eigenvalue weighted by molar-refractivity contribution is -0.125. The summed E-state index contributed by atoms with van der Waals surface area (Å²) in [4.78, 5) is 13.6. The number of amides is 1. The molecule has 19 heavy (non-hydrogen) atoms. The van der Waals surface area contributed by atoms with Crippen molar-refractivity contribution in [3.05, 3.63) is 18.2 Å². The third kappa shape index (κ3) is 3.17. The number of nitrogens with zero attached hydrogens (tertiary/aromatic N) is 1. The van der Waals surface area contributed by atoms with Gasteiger partial charge in [0.25, 0.3) is 5.91 Å². The smallest absolute Gasteiger partial charge is 0.253 e. The number of benzene rings is 1. The van der Waals surface area contributed by atoms with E-state index >= 15 is 0 Å². The summed E-state index contributed by atoms with van der Waals surface area (Å²) in [6.07, 6.45) is 0. The van der Waals surface area contributed by atoms with Gasteiger partial charge < -0.3 is 19.1 Å². The number of morpholine rings is 1. The van der Waals surface area contributed by atoms with Crippen LogP contribution < -0.4 is 14.4 Å². The maximum absolute atomic E-state index is 11.9. The maximum atomic E-state index is 11.9. The minimum atomic E-state index is -0.0548. The third-order valence-corrected chi connectivity index (χ3v) is 2.82. The van der Waals surface area contributed by atoms with Gasteiger partial charge in [-0.2, -0.15) is 0 Å². The Morgan fingerprint density at radius 3 is 2.74 bits per heavy atom. The number of carbonyl (C=O) groups is 1. The molecule has 0 bridgehead atoms. The van der Waals surface area contributed by atoms with Crippen molar-refractivity contribution in [2.45, 2.75) is 13.8 Å². The summed E-state index contributed by atoms with van der Waals surface area (Å²) in [5.74, 6) is 1.38. The lowest BCUT2D eigenvalue weighted by Crippen LogP contribution is -2.41. The van der Waals surface area contributed by atoms with Crippen LogP contribution in [0.5, 0.6) is 11.5 Å². The molecule has 0 N–H and O–H groups in total. The first kappa shape index (κ1) is 13.7. The molecule has 1 heterocycles. The van der Waals surface area contributed by atoms with Gasteiger partial charge in [0.05, 0.1) is 25.5 Å². The maximum Gasteiger partial charge on any atom is 0.253 e. The quantitative estimate of drug-likeness (QED) is 0.815. The average molecular weight is 265 g/mol. The van der Waals surface area contributed by atoms with E-state index in [0.29, 0.717) is 32.1 Å². The summed E-state index contributed by atoms with van der Waals surface area (Å²) in [6.45, 7) is 6.18. The first-order chi connectivity index (χ1) is 9.26. The van der Waals surface area contributed by atoms with Gasteiger partial charge in [0.2, 0.25) is 0 Å². The van der Waals surface area contributed by atoms with Crippen LogP contribution in [0.25, 0.3) is 0 Å². The molecule has 0 saturated carbocycles. The molecule has 0 spiro atoms. The van der Waals surface area contributed by atoms with Crippen molar-refractivity contribution in [3.63, 3.8) is 0 Å². The highest BCUT2D eigenvalue weighted by Crippen LogP contribution is 2.33. The summed E-state index contributed by atoms with van der Waals surface area (Å²) in [5.41, 5.74) is 0.751. The van der Waals surface area contributed by atoms with Crippen LogP contribution >= 0.6 is 0 Å². The molecule has 2 rings (SSSR count). The Kier molecular flexibility index (Phi) is 4.63. The Hall–Kier alpha value is -1.75. The number of hydrogen-bond donors (Lipinski definition) is 0. The van der Waals surface area contributed by atoms with E-state index in [0.717, 1.165) is 11.4 Å². The van der Waals surface area contributed by atoms with Crippen LogP contribution in [0.15, 0.2) is 18.2 Å². The van der Waals surface area contributed by atoms with Crippen LogP contribution in [0.4, 0.5) is 5.69 Å². The second-order valence-corrected chi connectivity index (χ2v) is 4.09. The second-order valence-electron chi connectivity index (χ2n) is 4.09. The van der Waals surface area contributed by atoms with E-state index in [4.69, 9.17) is 14.2 Å². The molecule has 5 heteroatoms. The Labute approximate surface area is 113 Å². The zero-order valence-electron chi connectivity index (χ0n) is 11.3. The Balaban J connectivity index is 2.32. The minimum Gasteiger partial charge on any atom is -0.494 e. The van der Waals surface area contributed by atoms with Crippen molar-refractivity contribution in [2.75, 3.05) is 37.9 Å². The SMILES string of the molecule is CCOc1ccc(OCC)c(N2CCOCC2=O)c1. The predicted molar refractivity (Wildman–Crippen MR) is 72.0 cm³/mol. The predicted octanol–water partition coefficient (Wildman–Crippen LogP) is 1.85. The van der Waals surface area contributed by atoms with E-state index in [2.05, 4.69) is 0 Å². The average Bonchev–Trinajstić information content (AvgIpc) is 2.42. The van der Waals surface area contributed by atoms with Gasteiger partial charge in [-0.1, -0.05) is 0 Å². The summed E-state index contributed by atoms with van der Waals surface area (Å²) < 4.78 is 16.2. The number of rotatable bonds is 5. The van der Waals surface area contributed by atoms with Crippen LogP contribution in [0.3, 0.4) is 0 Å². The molecule has 1 aliphatic rings. The van der Waals surface area contributed by atoms with Crippen LogP contribution in [0, 0.1) is 0 Å². The number of hydrogen-bond acceptors (Lipinski definition) is 4. The highest BCUT2D eigenvalue weighted by Gasteiger charge is 2.23. The van der Waals surface area contributed by atoms with Gasteiger partial charge in [0.1, 0.15) is 18.1 Å². The van der Waals surface area contributed by atoms with Gasteiger partial charge >= 0.3 is 0 Å². The highest BCUT2D eigenvalue weighted by atomic mass is 16.5. The largest absolute Gasteiger partial charge is 0.494 e. The molecule has 0 radical (unpaired) electrons. The zero-order valence-corrected chi connectivity index (χ0v) is 11.3. The van der Waals surface area contributed by atoms with E-state index < -0.39 is 0 Å². The van der Waals surface area contributed by atoms with E-state index in [1.54, 1.807) is 4.90 Å². The molecule has 0 unspecified atom stereocenters. The van der Waals surface area contributed by atoms with Crippen LogP contribution in [-0.4, -0.2) is 38.9 Å². The lowest BCUT2D eigenvalue weighted by Gasteiger charge is -2.28. The van der Waals surface area contributed by atoms with Gasteiger partial charge in [-0.05, 0) is 26.0 Å². The molecule has 1 aromatic carbocycles. The first-order valence-corrected chi connectivity index (χ1v) is 6.54. The molecule has 0 aromatic heterocycles. The van der Waals surface area contributed by atoms with Gasteiger partial charge in [-0.3, -0.25) is 4.79 Å². The number of ether oxygens (including phenoxy) is 3. The standard InChI is InChI=1S/C14H19NO4/c1-3-18-11-5-6-13(19-4-2)12(9-11)15-7-8-17-10-14(15)16/h5-6,9H,3-4,7-8,10H2,1-2H3. The molecule has 104 valence electrons. The molecule has 1 amide bonds. The summed E-state index contributed by atoms with van der Waals surface area (Å²) in [6, 6.07) is 5.53. The summed E-state index contributed by atoms with van der Waals surface area (Å²) >= 11 is 0. The van der Waals surface area contributed by atoms with Crippen molar-refractivity contribution >= 4 is 11.6 Å². The zero-order chi connectivity index (χ0) is 13.7. The van der Waals surface area contributed by atoms with Gasteiger partial charge in [0, 0.05) is 12.6 Å². The van der Waals surface area contributed by atoms with E-state index in [-0.39, 0.29) is 12.5 Å². The Bertz CT molecular complexity index is 447. The molecule has 0 aliphatic carbocycles. The van der Waals surface area contributed by atoms with Gasteiger partial charge in [-0.25, -0.2) is 0 Å². The Morgan fingerprint density at radius 2 is 2.05 bits per heavy atom. The van der Waals surface area contributed by atoms with E-state index in [1.165, 1.54) is 0 Å². The molecule has 1 fully saturated rings. The van der Waals surface area contributed by atoms with E-state index in [1.807, 2.05) is 32.0 Å². The van der Waals surface area contributed by atoms with Crippen molar-refractivity contribution < 1.29 is 19.0 Å². The molecule has 1 aromatic rings. The summed E-state index contributed by atoms with van der Waals surface area (Å²) in [7, 11) is 0. The molecule has 1 saturated heterocycles. The second kappa shape index (κ2) is 6.43. The fourth-order valence-electron chi connectivity index (χ4n) is 2.01. The number of anilines is 1. The highest BCUT2D eigenvalue weighted by molar-refractivity contribution is 5.96. The Morgan fingerprint density at radius 1 is 1.26 bits per heavy atom. The molecular formula is C14H19NO4. The van der Waals surface area contributed by atoms with Crippen molar-refractivity contribution in [2.24, 2.45) is 0 Å². The van der Waals surface area contributed by atoms with Crippen LogP contribution in [0.2, 0.25) is 0 Å². The third-order valence-electron chi connectivity index (χ3n) is 2.82. The van der Waals surface area contributed by atoms with Gasteiger partial charge in [0.15, 0.2) is 0 Å². The van der Waals surface area contributed by atoms with Crippen LogP contribution in [0.1, 0.15) is 13.8 Å². The van der Waals surface area contributed by atoms with Crippen molar-refractivity contribution in [3.8, 4) is 11.5 Å². The molecular weight excluding hydrogens is 246 g/mol. The lowest BCUT2D eigenvalue weighted by atomic mass is 10.2. The fraction of sp³-hybridized carbons (Fsp3) is 0.500.